The van der Waals surface area contributed by atoms with Crippen molar-refractivity contribution in [1.29, 1.82) is 0 Å². The number of nitrogens with one attached hydrogen (secondary N) is 4. The lowest BCUT2D eigenvalue weighted by molar-refractivity contribution is -0.138. The Morgan fingerprint density at radius 2 is 1.52 bits per heavy atom. The molecule has 3 aromatic rings. The van der Waals surface area contributed by atoms with Crippen molar-refractivity contribution < 1.29 is 24.3 Å². The molecule has 10 nitrogen and oxygen atoms in total. The van der Waals surface area contributed by atoms with Crippen LogP contribution in [-0.2, 0) is 19.2 Å². The van der Waals surface area contributed by atoms with Gasteiger partial charge >= 0.3 is 5.97 Å². The molecule has 1 aromatic heterocycles. The van der Waals surface area contributed by atoms with E-state index in [-0.39, 0.29) is 24.7 Å². The van der Waals surface area contributed by atoms with Crippen LogP contribution in [0.15, 0.2) is 79.0 Å². The maximum atomic E-state index is 13.4. The van der Waals surface area contributed by atoms with Gasteiger partial charge in [-0.25, -0.2) is 4.98 Å². The summed E-state index contributed by atoms with van der Waals surface area (Å²) in [5.74, 6) is -1.19. The molecule has 0 aliphatic carbocycles. The third kappa shape index (κ3) is 11.4. The van der Waals surface area contributed by atoms with Gasteiger partial charge in [-0.2, -0.15) is 0 Å². The van der Waals surface area contributed by atoms with E-state index in [1.807, 2.05) is 72.8 Å². The predicted octanol–water partition coefficient (Wildman–Crippen LogP) is 4.06. The first-order valence-electron chi connectivity index (χ1n) is 14.2. The number of carbonyl (C=O) groups excluding carboxylic acids is 3. The molecule has 1 heterocycles. The van der Waals surface area contributed by atoms with E-state index in [1.54, 1.807) is 6.20 Å². The Morgan fingerprint density at radius 1 is 0.810 bits per heavy atom. The van der Waals surface area contributed by atoms with Crippen molar-refractivity contribution in [3.05, 3.63) is 84.6 Å². The van der Waals surface area contributed by atoms with Crippen LogP contribution in [0.1, 0.15) is 57.1 Å². The van der Waals surface area contributed by atoms with E-state index in [1.165, 1.54) is 6.92 Å². The summed E-state index contributed by atoms with van der Waals surface area (Å²) in [4.78, 5) is 53.2. The molecule has 5 N–H and O–H groups in total. The smallest absolute Gasteiger partial charge is 0.305 e. The number of hydrogen-bond acceptors (Lipinski definition) is 6. The number of anilines is 1. The van der Waals surface area contributed by atoms with Crippen LogP contribution in [0.4, 0.5) is 5.82 Å². The van der Waals surface area contributed by atoms with Gasteiger partial charge in [0.25, 0.3) is 0 Å². The maximum Gasteiger partial charge on any atom is 0.305 e. The average molecular weight is 574 g/mol. The van der Waals surface area contributed by atoms with E-state index in [0.717, 1.165) is 16.9 Å². The molecule has 0 saturated heterocycles. The molecule has 0 aliphatic rings. The standard InChI is InChI=1S/C32H39N5O5/c1-23(38)33-19-7-5-12-27(36-30(39)14-9-21-35-29-13-6-8-20-34-29)32(42)37-28(22-31(40)41)26-17-15-25(16-18-26)24-10-3-2-4-11-24/h2-4,6,8,10-11,13,15-18,20,27-28H,5,7,9,12,14,19,21-22H2,1H3,(H,33,38)(H,34,35)(H,36,39)(H,37,42)(H,40,41)/t27-,28?/m0/s1. The minimum atomic E-state index is -1.05. The quantitative estimate of drug-likeness (QED) is 0.153. The topological polar surface area (TPSA) is 150 Å². The number of nitrogens with zero attached hydrogens (tertiary/aromatic N) is 1. The molecule has 1 unspecified atom stereocenters. The predicted molar refractivity (Wildman–Crippen MR) is 161 cm³/mol. The summed E-state index contributed by atoms with van der Waals surface area (Å²) in [7, 11) is 0. The highest BCUT2D eigenvalue weighted by Gasteiger charge is 2.25. The number of unbranched alkanes of at least 4 members (excludes halogenated alkanes) is 1. The van der Waals surface area contributed by atoms with Gasteiger partial charge in [-0.05, 0) is 54.5 Å². The van der Waals surface area contributed by atoms with Crippen molar-refractivity contribution in [2.75, 3.05) is 18.4 Å². The van der Waals surface area contributed by atoms with E-state index in [4.69, 9.17) is 0 Å². The Morgan fingerprint density at radius 3 is 2.19 bits per heavy atom. The van der Waals surface area contributed by atoms with E-state index < -0.39 is 24.0 Å². The minimum Gasteiger partial charge on any atom is -0.481 e. The van der Waals surface area contributed by atoms with Gasteiger partial charge in [0.05, 0.1) is 12.5 Å². The summed E-state index contributed by atoms with van der Waals surface area (Å²) < 4.78 is 0. The zero-order chi connectivity index (χ0) is 30.2. The first kappa shape index (κ1) is 31.8. The molecule has 0 spiro atoms. The zero-order valence-corrected chi connectivity index (χ0v) is 23.8. The SMILES string of the molecule is CC(=O)NCCCC[C@H](NC(=O)CCCNc1ccccn1)C(=O)NC(CC(=O)O)c1ccc(-c2ccccc2)cc1. The van der Waals surface area contributed by atoms with Crippen molar-refractivity contribution in [3.63, 3.8) is 0 Å². The highest BCUT2D eigenvalue weighted by molar-refractivity contribution is 5.88. The number of hydrogen-bond donors (Lipinski definition) is 5. The fourth-order valence-corrected chi connectivity index (χ4v) is 4.44. The van der Waals surface area contributed by atoms with Crippen LogP contribution in [0.2, 0.25) is 0 Å². The van der Waals surface area contributed by atoms with Crippen molar-refractivity contribution in [2.24, 2.45) is 0 Å². The van der Waals surface area contributed by atoms with Crippen molar-refractivity contribution in [3.8, 4) is 11.1 Å². The number of rotatable bonds is 17. The Labute approximate surface area is 246 Å². The van der Waals surface area contributed by atoms with Crippen molar-refractivity contribution in [2.45, 2.75) is 57.5 Å². The van der Waals surface area contributed by atoms with Gasteiger partial charge in [-0.15, -0.1) is 0 Å². The highest BCUT2D eigenvalue weighted by Crippen LogP contribution is 2.24. The van der Waals surface area contributed by atoms with Gasteiger partial charge in [0.15, 0.2) is 0 Å². The largest absolute Gasteiger partial charge is 0.481 e. The minimum absolute atomic E-state index is 0.133. The van der Waals surface area contributed by atoms with E-state index >= 15 is 0 Å². The summed E-state index contributed by atoms with van der Waals surface area (Å²) in [5.41, 5.74) is 2.66. The fraction of sp³-hybridized carbons (Fsp3) is 0.344. The van der Waals surface area contributed by atoms with E-state index in [9.17, 15) is 24.3 Å². The van der Waals surface area contributed by atoms with Crippen molar-refractivity contribution >= 4 is 29.5 Å². The third-order valence-electron chi connectivity index (χ3n) is 6.61. The second-order valence-corrected chi connectivity index (χ2v) is 9.99. The normalized spacial score (nSPS) is 12.0. The number of amides is 3. The molecular formula is C32H39N5O5. The molecule has 42 heavy (non-hydrogen) atoms. The summed E-state index contributed by atoms with van der Waals surface area (Å²) in [6.45, 7) is 2.44. The molecule has 0 bridgehead atoms. The van der Waals surface area contributed by atoms with Crippen LogP contribution in [0.3, 0.4) is 0 Å². The number of benzene rings is 2. The van der Waals surface area contributed by atoms with Gasteiger partial charge in [0.1, 0.15) is 11.9 Å². The number of aromatic nitrogens is 1. The van der Waals surface area contributed by atoms with Crippen molar-refractivity contribution in [1.82, 2.24) is 20.9 Å². The monoisotopic (exact) mass is 573 g/mol. The molecule has 0 aliphatic heterocycles. The Kier molecular flexibility index (Phi) is 13.0. The fourth-order valence-electron chi connectivity index (χ4n) is 4.44. The molecule has 3 rings (SSSR count). The van der Waals surface area contributed by atoms with Gasteiger partial charge in [0.2, 0.25) is 17.7 Å². The maximum absolute atomic E-state index is 13.4. The highest BCUT2D eigenvalue weighted by atomic mass is 16.4. The number of aliphatic carboxylic acids is 1. The molecular weight excluding hydrogens is 534 g/mol. The number of pyridine rings is 1. The summed E-state index contributed by atoms with van der Waals surface area (Å²) in [5, 5.41) is 21.1. The van der Waals surface area contributed by atoms with Crippen LogP contribution in [0.5, 0.6) is 0 Å². The molecule has 0 radical (unpaired) electrons. The van der Waals surface area contributed by atoms with Gasteiger partial charge in [0, 0.05) is 32.6 Å². The number of carboxylic acids is 1. The first-order valence-corrected chi connectivity index (χ1v) is 14.2. The van der Waals surface area contributed by atoms with Crippen LogP contribution in [-0.4, -0.2) is 52.9 Å². The second-order valence-electron chi connectivity index (χ2n) is 9.99. The first-order chi connectivity index (χ1) is 20.3. The Hall–Kier alpha value is -4.73. The summed E-state index contributed by atoms with van der Waals surface area (Å²) in [6, 6.07) is 21.1. The number of carbonyl (C=O) groups is 4. The van der Waals surface area contributed by atoms with Crippen LogP contribution >= 0.6 is 0 Å². The van der Waals surface area contributed by atoms with Crippen LogP contribution < -0.4 is 21.3 Å². The molecule has 0 fully saturated rings. The third-order valence-corrected chi connectivity index (χ3v) is 6.61. The summed E-state index contributed by atoms with van der Waals surface area (Å²) in [6.07, 6.45) is 3.67. The molecule has 222 valence electrons. The van der Waals surface area contributed by atoms with E-state index in [0.29, 0.717) is 44.3 Å². The van der Waals surface area contributed by atoms with Crippen LogP contribution in [0, 0.1) is 0 Å². The Bertz CT molecular complexity index is 1290. The second kappa shape index (κ2) is 17.2. The number of carboxylic acid groups (broad SMARTS) is 1. The molecule has 10 heteroatoms. The molecule has 0 saturated carbocycles. The van der Waals surface area contributed by atoms with E-state index in [2.05, 4.69) is 26.3 Å². The zero-order valence-electron chi connectivity index (χ0n) is 23.8. The average Bonchev–Trinajstić information content (AvgIpc) is 2.99. The van der Waals surface area contributed by atoms with Gasteiger partial charge in [-0.1, -0.05) is 60.7 Å². The van der Waals surface area contributed by atoms with Gasteiger partial charge in [-0.3, -0.25) is 19.2 Å². The molecule has 2 aromatic carbocycles. The van der Waals surface area contributed by atoms with Gasteiger partial charge < -0.3 is 26.4 Å². The summed E-state index contributed by atoms with van der Waals surface area (Å²) >= 11 is 0. The lowest BCUT2D eigenvalue weighted by Crippen LogP contribution is -2.48. The lowest BCUT2D eigenvalue weighted by atomic mass is 9.98. The molecule has 3 amide bonds. The van der Waals surface area contributed by atoms with Crippen LogP contribution in [0.25, 0.3) is 11.1 Å². The Balaban J connectivity index is 1.63. The lowest BCUT2D eigenvalue weighted by Gasteiger charge is -2.23. The molecule has 2 atom stereocenters.